The number of aromatic nitrogens is 2. The lowest BCUT2D eigenvalue weighted by Gasteiger charge is -2.01. The molecule has 0 fully saturated rings. The number of imidazole rings is 1. The molecule has 0 spiro atoms. The van der Waals surface area contributed by atoms with Crippen LogP contribution in [0.2, 0.25) is 0 Å². The minimum atomic E-state index is -1.05. The van der Waals surface area contributed by atoms with Gasteiger partial charge in [0.2, 0.25) is 5.82 Å². The molecule has 0 saturated carbocycles. The van der Waals surface area contributed by atoms with Gasteiger partial charge in [-0.15, -0.1) is 0 Å². The van der Waals surface area contributed by atoms with Gasteiger partial charge in [0.25, 0.3) is 0 Å². The van der Waals surface area contributed by atoms with Crippen molar-refractivity contribution in [3.63, 3.8) is 0 Å². The van der Waals surface area contributed by atoms with E-state index < -0.39 is 5.97 Å². The maximum Gasteiger partial charge on any atom is 0.371 e. The molecule has 0 saturated heterocycles. The second-order valence-corrected chi connectivity index (χ2v) is 4.01. The van der Waals surface area contributed by atoms with Gasteiger partial charge in [-0.05, 0) is 16.8 Å². The summed E-state index contributed by atoms with van der Waals surface area (Å²) < 4.78 is 0. The van der Waals surface area contributed by atoms with Crippen molar-refractivity contribution in [1.82, 2.24) is 9.97 Å². The molecular weight excluding hydrogens is 228 g/mol. The summed E-state index contributed by atoms with van der Waals surface area (Å²) in [5.41, 5.74) is 1.63. The maximum absolute atomic E-state index is 10.8. The Hall–Kier alpha value is -2.62. The number of nitrogens with one attached hydrogen (secondary N) is 1. The highest BCUT2D eigenvalue weighted by atomic mass is 16.4. The van der Waals surface area contributed by atoms with Crippen molar-refractivity contribution in [3.8, 4) is 11.3 Å². The first-order chi connectivity index (χ1) is 8.74. The second-order valence-electron chi connectivity index (χ2n) is 4.01. The summed E-state index contributed by atoms with van der Waals surface area (Å²) in [5.74, 6) is -1.10. The van der Waals surface area contributed by atoms with Crippen molar-refractivity contribution in [2.24, 2.45) is 0 Å². The molecule has 0 aliphatic heterocycles. The largest absolute Gasteiger partial charge is 0.475 e. The highest BCUT2D eigenvalue weighted by Crippen LogP contribution is 2.22. The minimum absolute atomic E-state index is 0.0434. The summed E-state index contributed by atoms with van der Waals surface area (Å²) in [4.78, 5) is 17.4. The predicted molar refractivity (Wildman–Crippen MR) is 68.5 cm³/mol. The zero-order valence-electron chi connectivity index (χ0n) is 9.42. The topological polar surface area (TPSA) is 66.0 Å². The quantitative estimate of drug-likeness (QED) is 0.721. The summed E-state index contributed by atoms with van der Waals surface area (Å²) >= 11 is 0. The third-order valence-electron chi connectivity index (χ3n) is 2.84. The number of hydrogen-bond donors (Lipinski definition) is 2. The third kappa shape index (κ3) is 1.73. The van der Waals surface area contributed by atoms with Gasteiger partial charge in [-0.25, -0.2) is 9.78 Å². The third-order valence-corrected chi connectivity index (χ3v) is 2.84. The Bertz CT molecular complexity index is 731. The molecule has 4 heteroatoms. The number of carboxylic acid groups (broad SMARTS) is 1. The minimum Gasteiger partial charge on any atom is -0.475 e. The standard InChI is InChI=1S/C14H10N2O2/c17-14(18)13-15-8-12(16-13)11-6-5-9-3-1-2-4-10(9)7-11/h1-8H,(H,15,16)(H,17,18). The summed E-state index contributed by atoms with van der Waals surface area (Å²) in [6.45, 7) is 0. The molecule has 2 N–H and O–H groups in total. The van der Waals surface area contributed by atoms with E-state index in [1.54, 1.807) is 0 Å². The Morgan fingerprint density at radius 1 is 1.11 bits per heavy atom. The second kappa shape index (κ2) is 4.00. The Kier molecular flexibility index (Phi) is 2.34. The van der Waals surface area contributed by atoms with E-state index in [1.807, 2.05) is 42.5 Å². The first-order valence-electron chi connectivity index (χ1n) is 5.51. The fourth-order valence-corrected chi connectivity index (χ4v) is 1.93. The van der Waals surface area contributed by atoms with E-state index >= 15 is 0 Å². The van der Waals surface area contributed by atoms with Crippen LogP contribution in [0.15, 0.2) is 48.7 Å². The van der Waals surface area contributed by atoms with E-state index in [2.05, 4.69) is 9.97 Å². The fraction of sp³-hybridized carbons (Fsp3) is 0. The zero-order valence-corrected chi connectivity index (χ0v) is 9.42. The van der Waals surface area contributed by atoms with E-state index in [4.69, 9.17) is 5.11 Å². The number of H-pyrrole nitrogens is 1. The van der Waals surface area contributed by atoms with Crippen LogP contribution in [0.25, 0.3) is 22.0 Å². The molecule has 3 aromatic rings. The first kappa shape index (κ1) is 10.5. The van der Waals surface area contributed by atoms with Crippen LogP contribution in [0.4, 0.5) is 0 Å². The van der Waals surface area contributed by atoms with Gasteiger partial charge in [0, 0.05) is 5.56 Å². The molecular formula is C14H10N2O2. The molecule has 0 radical (unpaired) electrons. The van der Waals surface area contributed by atoms with Crippen LogP contribution < -0.4 is 0 Å². The molecule has 3 rings (SSSR count). The van der Waals surface area contributed by atoms with Crippen molar-refractivity contribution < 1.29 is 9.90 Å². The number of carboxylic acids is 1. The molecule has 0 atom stereocenters. The zero-order chi connectivity index (χ0) is 12.5. The van der Waals surface area contributed by atoms with E-state index in [0.29, 0.717) is 5.69 Å². The van der Waals surface area contributed by atoms with Gasteiger partial charge in [-0.3, -0.25) is 0 Å². The molecule has 1 heterocycles. The smallest absolute Gasteiger partial charge is 0.371 e. The number of hydrogen-bond acceptors (Lipinski definition) is 2. The fourth-order valence-electron chi connectivity index (χ4n) is 1.93. The van der Waals surface area contributed by atoms with Gasteiger partial charge in [0.1, 0.15) is 0 Å². The molecule has 0 aliphatic rings. The van der Waals surface area contributed by atoms with Crippen LogP contribution >= 0.6 is 0 Å². The highest BCUT2D eigenvalue weighted by Gasteiger charge is 2.09. The number of aromatic carboxylic acids is 1. The van der Waals surface area contributed by atoms with Crippen LogP contribution in [0.1, 0.15) is 10.6 Å². The number of carbonyl (C=O) groups is 1. The van der Waals surface area contributed by atoms with Crippen LogP contribution in [0, 0.1) is 0 Å². The number of benzene rings is 2. The van der Waals surface area contributed by atoms with Gasteiger partial charge in [0.15, 0.2) is 0 Å². The molecule has 2 aromatic carbocycles. The molecule has 4 nitrogen and oxygen atoms in total. The summed E-state index contributed by atoms with van der Waals surface area (Å²) in [5, 5.41) is 11.1. The molecule has 18 heavy (non-hydrogen) atoms. The Morgan fingerprint density at radius 3 is 2.61 bits per heavy atom. The Labute approximate surface area is 103 Å². The van der Waals surface area contributed by atoms with Gasteiger partial charge in [-0.2, -0.15) is 0 Å². The van der Waals surface area contributed by atoms with Gasteiger partial charge >= 0.3 is 5.97 Å². The van der Waals surface area contributed by atoms with E-state index in [1.165, 1.54) is 6.20 Å². The van der Waals surface area contributed by atoms with Gasteiger partial charge in [-0.1, -0.05) is 36.4 Å². The van der Waals surface area contributed by atoms with Crippen LogP contribution in [-0.4, -0.2) is 21.0 Å². The Balaban J connectivity index is 2.10. The summed E-state index contributed by atoms with van der Waals surface area (Å²) in [6, 6.07) is 14.0. The molecule has 88 valence electrons. The van der Waals surface area contributed by atoms with Crippen molar-refractivity contribution in [1.29, 1.82) is 0 Å². The van der Waals surface area contributed by atoms with Crippen molar-refractivity contribution in [3.05, 3.63) is 54.5 Å². The van der Waals surface area contributed by atoms with Crippen molar-refractivity contribution in [2.45, 2.75) is 0 Å². The average Bonchev–Trinajstić information content (AvgIpc) is 2.88. The number of nitrogens with zero attached hydrogens (tertiary/aromatic N) is 1. The lowest BCUT2D eigenvalue weighted by molar-refractivity contribution is 0.0685. The van der Waals surface area contributed by atoms with Crippen LogP contribution in [0.5, 0.6) is 0 Å². The van der Waals surface area contributed by atoms with E-state index in [-0.39, 0.29) is 5.82 Å². The SMILES string of the molecule is O=C(O)c1ncc(-c2ccc3ccccc3c2)[nH]1. The van der Waals surface area contributed by atoms with E-state index in [0.717, 1.165) is 16.3 Å². The van der Waals surface area contributed by atoms with Crippen molar-refractivity contribution in [2.75, 3.05) is 0 Å². The highest BCUT2D eigenvalue weighted by molar-refractivity contribution is 5.88. The normalized spacial score (nSPS) is 10.7. The lowest BCUT2D eigenvalue weighted by atomic mass is 10.1. The number of aromatic amines is 1. The summed E-state index contributed by atoms with van der Waals surface area (Å²) in [7, 11) is 0. The van der Waals surface area contributed by atoms with Crippen molar-refractivity contribution >= 4 is 16.7 Å². The molecule has 0 aliphatic carbocycles. The number of fused-ring (bicyclic) bond motifs is 1. The van der Waals surface area contributed by atoms with Gasteiger partial charge in [0.05, 0.1) is 11.9 Å². The number of rotatable bonds is 2. The summed E-state index contributed by atoms with van der Waals surface area (Å²) in [6.07, 6.45) is 1.54. The maximum atomic E-state index is 10.8. The Morgan fingerprint density at radius 2 is 1.89 bits per heavy atom. The molecule has 0 bridgehead atoms. The van der Waals surface area contributed by atoms with Crippen LogP contribution in [0.3, 0.4) is 0 Å². The van der Waals surface area contributed by atoms with Crippen LogP contribution in [-0.2, 0) is 0 Å². The first-order valence-corrected chi connectivity index (χ1v) is 5.51. The van der Waals surface area contributed by atoms with E-state index in [9.17, 15) is 4.79 Å². The molecule has 1 aromatic heterocycles. The predicted octanol–water partition coefficient (Wildman–Crippen LogP) is 2.93. The molecule has 0 amide bonds. The molecule has 0 unspecified atom stereocenters. The lowest BCUT2D eigenvalue weighted by Crippen LogP contribution is -1.98. The monoisotopic (exact) mass is 238 g/mol. The average molecular weight is 238 g/mol. The van der Waals surface area contributed by atoms with Gasteiger partial charge < -0.3 is 10.1 Å².